The molecule has 0 amide bonds. The quantitative estimate of drug-likeness (QED) is 0.756. The highest BCUT2D eigenvalue weighted by Crippen LogP contribution is 2.37. The maximum atomic E-state index is 6.28. The summed E-state index contributed by atoms with van der Waals surface area (Å²) in [6.07, 6.45) is 7.32. The van der Waals surface area contributed by atoms with Crippen molar-refractivity contribution in [1.29, 1.82) is 0 Å². The third-order valence-corrected chi connectivity index (χ3v) is 5.80. The molecular weight excluding hydrogens is 322 g/mol. The number of hydrogen-bond donors (Lipinski definition) is 0. The van der Waals surface area contributed by atoms with Gasteiger partial charge in [0.05, 0.1) is 6.61 Å². The Balaban J connectivity index is 1.36. The molecule has 0 N–H and O–H groups in total. The number of piperidine rings is 1. The van der Waals surface area contributed by atoms with Crippen LogP contribution < -0.4 is 9.47 Å². The Bertz CT molecular complexity index is 715. The third kappa shape index (κ3) is 4.04. The van der Waals surface area contributed by atoms with Crippen LogP contribution in [0.5, 0.6) is 11.5 Å². The summed E-state index contributed by atoms with van der Waals surface area (Å²) in [5, 5.41) is 0. The molecule has 2 aromatic carbocycles. The largest absolute Gasteiger partial charge is 0.493 e. The molecule has 3 heteroatoms. The van der Waals surface area contributed by atoms with Crippen LogP contribution in [-0.4, -0.2) is 31.1 Å². The molecule has 0 aromatic heterocycles. The highest BCUT2D eigenvalue weighted by molar-refractivity contribution is 5.42. The van der Waals surface area contributed by atoms with E-state index < -0.39 is 0 Å². The molecule has 0 aliphatic carbocycles. The number of benzene rings is 2. The second-order valence-electron chi connectivity index (χ2n) is 7.59. The Morgan fingerprint density at radius 2 is 1.96 bits per heavy atom. The lowest BCUT2D eigenvalue weighted by Crippen LogP contribution is -2.37. The van der Waals surface area contributed by atoms with Gasteiger partial charge in [-0.2, -0.15) is 0 Å². The predicted molar refractivity (Wildman–Crippen MR) is 105 cm³/mol. The molecule has 4 rings (SSSR count). The molecule has 0 spiro atoms. The first kappa shape index (κ1) is 17.4. The fourth-order valence-electron chi connectivity index (χ4n) is 4.16. The number of aryl methyl sites for hydroxylation is 1. The third-order valence-electron chi connectivity index (χ3n) is 5.80. The topological polar surface area (TPSA) is 21.7 Å². The Hall–Kier alpha value is -2.00. The second kappa shape index (κ2) is 8.13. The van der Waals surface area contributed by atoms with Crippen LogP contribution in [0.15, 0.2) is 48.5 Å². The molecule has 2 aliphatic rings. The van der Waals surface area contributed by atoms with E-state index in [0.717, 1.165) is 37.4 Å². The summed E-state index contributed by atoms with van der Waals surface area (Å²) < 4.78 is 12.3. The van der Waals surface area contributed by atoms with Crippen molar-refractivity contribution in [2.75, 3.05) is 20.2 Å². The highest BCUT2D eigenvalue weighted by atomic mass is 16.5. The van der Waals surface area contributed by atoms with E-state index in [-0.39, 0.29) is 6.10 Å². The van der Waals surface area contributed by atoms with Gasteiger partial charge in [-0.3, -0.25) is 0 Å². The Kier molecular flexibility index (Phi) is 5.45. The molecule has 3 nitrogen and oxygen atoms in total. The minimum atomic E-state index is 0.148. The average molecular weight is 351 g/mol. The van der Waals surface area contributed by atoms with Gasteiger partial charge in [-0.1, -0.05) is 42.8 Å². The molecule has 0 radical (unpaired) electrons. The zero-order valence-corrected chi connectivity index (χ0v) is 15.7. The van der Waals surface area contributed by atoms with E-state index in [0.29, 0.717) is 6.04 Å². The molecule has 1 fully saturated rings. The fraction of sp³-hybridized carbons (Fsp3) is 0.478. The van der Waals surface area contributed by atoms with E-state index in [9.17, 15) is 0 Å². The van der Waals surface area contributed by atoms with Crippen molar-refractivity contribution in [3.8, 4) is 11.5 Å². The van der Waals surface area contributed by atoms with Crippen molar-refractivity contribution >= 4 is 0 Å². The number of hydrogen-bond acceptors (Lipinski definition) is 3. The molecule has 138 valence electrons. The van der Waals surface area contributed by atoms with Gasteiger partial charge in [0, 0.05) is 12.1 Å². The minimum Gasteiger partial charge on any atom is -0.493 e. The monoisotopic (exact) mass is 351 g/mol. The summed E-state index contributed by atoms with van der Waals surface area (Å²) in [7, 11) is 2.24. The van der Waals surface area contributed by atoms with Crippen LogP contribution in [0, 0.1) is 0 Å². The van der Waals surface area contributed by atoms with E-state index in [1.807, 2.05) is 0 Å². The van der Waals surface area contributed by atoms with Gasteiger partial charge in [0.2, 0.25) is 0 Å². The van der Waals surface area contributed by atoms with Gasteiger partial charge in [0.15, 0.2) is 0 Å². The van der Waals surface area contributed by atoms with Crippen LogP contribution >= 0.6 is 0 Å². The lowest BCUT2D eigenvalue weighted by atomic mass is 9.97. The summed E-state index contributed by atoms with van der Waals surface area (Å²) in [4.78, 5) is 2.48. The van der Waals surface area contributed by atoms with Gasteiger partial charge in [0.25, 0.3) is 0 Å². The van der Waals surface area contributed by atoms with E-state index in [1.54, 1.807) is 0 Å². The molecule has 2 aromatic rings. The highest BCUT2D eigenvalue weighted by Gasteiger charge is 2.22. The van der Waals surface area contributed by atoms with E-state index in [2.05, 4.69) is 60.5 Å². The van der Waals surface area contributed by atoms with Gasteiger partial charge in [-0.15, -0.1) is 0 Å². The van der Waals surface area contributed by atoms with Crippen molar-refractivity contribution in [1.82, 2.24) is 4.90 Å². The predicted octanol–water partition coefficient (Wildman–Crippen LogP) is 5.01. The summed E-state index contributed by atoms with van der Waals surface area (Å²) in [5.41, 5.74) is 2.54. The fourth-order valence-corrected chi connectivity index (χ4v) is 4.16. The van der Waals surface area contributed by atoms with Crippen LogP contribution in [0.3, 0.4) is 0 Å². The number of fused-ring (bicyclic) bond motifs is 1. The first-order valence-corrected chi connectivity index (χ1v) is 9.97. The normalized spacial score (nSPS) is 23.1. The summed E-state index contributed by atoms with van der Waals surface area (Å²) in [6.45, 7) is 1.99. The minimum absolute atomic E-state index is 0.148. The second-order valence-corrected chi connectivity index (χ2v) is 7.59. The summed E-state index contributed by atoms with van der Waals surface area (Å²) in [5.74, 6) is 1.91. The number of nitrogens with zero attached hydrogens (tertiary/aromatic N) is 1. The Morgan fingerprint density at radius 3 is 2.81 bits per heavy atom. The van der Waals surface area contributed by atoms with Gasteiger partial charge in [-0.25, -0.2) is 0 Å². The number of ether oxygens (including phenoxy) is 2. The lowest BCUT2D eigenvalue weighted by Gasteiger charge is -2.32. The standard InChI is InChI=1S/C23H29NO2/c1-24-15-6-5-9-20(24)14-16-25-21-12-10-19-11-13-22(26-23(19)17-21)18-7-3-2-4-8-18/h2-4,7-8,10,12,17,20,22H,5-6,9,11,13-16H2,1H3. The summed E-state index contributed by atoms with van der Waals surface area (Å²) in [6, 6.07) is 17.5. The van der Waals surface area contributed by atoms with Crippen molar-refractivity contribution in [2.24, 2.45) is 0 Å². The summed E-state index contributed by atoms with van der Waals surface area (Å²) >= 11 is 0. The molecule has 0 saturated carbocycles. The molecule has 0 bridgehead atoms. The van der Waals surface area contributed by atoms with E-state index in [1.165, 1.54) is 36.9 Å². The van der Waals surface area contributed by atoms with E-state index in [4.69, 9.17) is 9.47 Å². The maximum Gasteiger partial charge on any atom is 0.127 e. The van der Waals surface area contributed by atoms with Crippen molar-refractivity contribution in [3.63, 3.8) is 0 Å². The van der Waals surface area contributed by atoms with Gasteiger partial charge >= 0.3 is 0 Å². The first-order chi connectivity index (χ1) is 12.8. The molecule has 2 unspecified atom stereocenters. The van der Waals surface area contributed by atoms with Crippen molar-refractivity contribution < 1.29 is 9.47 Å². The zero-order valence-electron chi connectivity index (χ0n) is 15.7. The molecule has 2 atom stereocenters. The SMILES string of the molecule is CN1CCCCC1CCOc1ccc2c(c1)OC(c1ccccc1)CC2. The number of likely N-dealkylation sites (tertiary alicyclic amines) is 1. The molecule has 1 saturated heterocycles. The van der Waals surface area contributed by atoms with Crippen molar-refractivity contribution in [3.05, 3.63) is 59.7 Å². The first-order valence-electron chi connectivity index (χ1n) is 9.97. The van der Waals surface area contributed by atoms with Gasteiger partial charge in [0.1, 0.15) is 17.6 Å². The molecule has 2 aliphatic heterocycles. The molecular formula is C23H29NO2. The van der Waals surface area contributed by atoms with Crippen LogP contribution in [0.1, 0.15) is 49.3 Å². The molecule has 2 heterocycles. The van der Waals surface area contributed by atoms with Crippen LogP contribution in [0.4, 0.5) is 0 Å². The van der Waals surface area contributed by atoms with Crippen LogP contribution in [0.2, 0.25) is 0 Å². The Labute approximate surface area is 156 Å². The molecule has 26 heavy (non-hydrogen) atoms. The van der Waals surface area contributed by atoms with Crippen LogP contribution in [-0.2, 0) is 6.42 Å². The van der Waals surface area contributed by atoms with Gasteiger partial charge < -0.3 is 14.4 Å². The lowest BCUT2D eigenvalue weighted by molar-refractivity contribution is 0.152. The van der Waals surface area contributed by atoms with Crippen molar-refractivity contribution in [2.45, 2.75) is 50.7 Å². The zero-order chi connectivity index (χ0) is 17.8. The van der Waals surface area contributed by atoms with E-state index >= 15 is 0 Å². The smallest absolute Gasteiger partial charge is 0.127 e. The Morgan fingerprint density at radius 1 is 1.08 bits per heavy atom. The van der Waals surface area contributed by atoms with Crippen LogP contribution in [0.25, 0.3) is 0 Å². The van der Waals surface area contributed by atoms with Gasteiger partial charge in [-0.05, 0) is 62.9 Å². The maximum absolute atomic E-state index is 6.28. The number of rotatable bonds is 5. The average Bonchev–Trinajstić information content (AvgIpc) is 2.69.